The van der Waals surface area contributed by atoms with E-state index in [9.17, 15) is 9.59 Å². The van der Waals surface area contributed by atoms with Crippen molar-refractivity contribution in [2.75, 3.05) is 0 Å². The molecule has 0 atom stereocenters. The first kappa shape index (κ1) is 16.8. The summed E-state index contributed by atoms with van der Waals surface area (Å²) in [7, 11) is 0. The molecule has 0 unspecified atom stereocenters. The van der Waals surface area contributed by atoms with E-state index >= 15 is 0 Å². The summed E-state index contributed by atoms with van der Waals surface area (Å²) in [4.78, 5) is 35.5. The van der Waals surface area contributed by atoms with Crippen molar-refractivity contribution in [3.8, 4) is 5.69 Å². The van der Waals surface area contributed by atoms with Gasteiger partial charge in [0.2, 0.25) is 10.7 Å². The second-order valence-electron chi connectivity index (χ2n) is 5.57. The van der Waals surface area contributed by atoms with Crippen molar-refractivity contribution in [3.63, 3.8) is 0 Å². The number of nitrogens with one attached hydrogen (secondary N) is 1. The molecule has 132 valence electrons. The molecule has 2 heterocycles. The van der Waals surface area contributed by atoms with Crippen molar-refractivity contribution in [2.45, 2.75) is 0 Å². The minimum absolute atomic E-state index is 0.0213. The summed E-state index contributed by atoms with van der Waals surface area (Å²) in [5, 5.41) is 0.496. The number of fused-ring (bicyclic) bond motifs is 1. The third-order valence-electron chi connectivity index (χ3n) is 3.80. The Bertz CT molecular complexity index is 1310. The highest BCUT2D eigenvalue weighted by molar-refractivity contribution is 7.71. The molecule has 0 fully saturated rings. The number of H-pyrrole nitrogens is 1. The molecule has 4 rings (SSSR count). The van der Waals surface area contributed by atoms with Gasteiger partial charge in [0.1, 0.15) is 5.82 Å². The van der Waals surface area contributed by atoms with Gasteiger partial charge in [-0.15, -0.1) is 0 Å². The minimum Gasteiger partial charge on any atom is -0.390 e. The molecule has 0 aliphatic rings. The SMILES string of the molecule is O=c1[nH]c(/C=C\c2nc(=S)n(-c3ccccc3)c(=O)o2)nc2ccccc12. The topological polar surface area (TPSA) is 93.8 Å². The molecule has 0 aliphatic carbocycles. The average molecular weight is 376 g/mol. The van der Waals surface area contributed by atoms with Crippen molar-refractivity contribution < 1.29 is 4.42 Å². The van der Waals surface area contributed by atoms with E-state index in [-0.39, 0.29) is 16.2 Å². The highest BCUT2D eigenvalue weighted by Crippen LogP contribution is 2.08. The molecule has 2 aromatic carbocycles. The highest BCUT2D eigenvalue weighted by atomic mass is 32.1. The number of nitrogens with zero attached hydrogens (tertiary/aromatic N) is 3. The third kappa shape index (κ3) is 3.38. The summed E-state index contributed by atoms with van der Waals surface area (Å²) < 4.78 is 6.47. The average Bonchev–Trinajstić information content (AvgIpc) is 2.67. The fraction of sp³-hybridized carbons (Fsp3) is 0. The molecule has 8 heteroatoms. The second-order valence-corrected chi connectivity index (χ2v) is 5.94. The number of para-hydroxylation sites is 2. The summed E-state index contributed by atoms with van der Waals surface area (Å²) in [6.07, 6.45) is 2.93. The molecule has 7 nitrogen and oxygen atoms in total. The fourth-order valence-electron chi connectivity index (χ4n) is 2.58. The molecule has 0 aliphatic heterocycles. The number of aromatic amines is 1. The standard InChI is InChI=1S/C19H12N4O3S/c24-17-13-8-4-5-9-14(13)20-15(21-17)10-11-16-22-18(27)23(19(25)26-16)12-6-2-1-3-7-12/h1-11H,(H,20,21,24)/b11-10-. The van der Waals surface area contributed by atoms with E-state index in [1.165, 1.54) is 16.7 Å². The normalized spacial score (nSPS) is 11.3. The Kier molecular flexibility index (Phi) is 4.31. The molecule has 4 aromatic rings. The predicted octanol–water partition coefficient (Wildman–Crippen LogP) is 2.96. The summed E-state index contributed by atoms with van der Waals surface area (Å²) in [6, 6.07) is 15.9. The maximum atomic E-state index is 12.3. The second kappa shape index (κ2) is 6.93. The highest BCUT2D eigenvalue weighted by Gasteiger charge is 2.07. The Hall–Kier alpha value is -3.65. The smallest absolute Gasteiger partial charge is 0.390 e. The third-order valence-corrected chi connectivity index (χ3v) is 4.07. The summed E-state index contributed by atoms with van der Waals surface area (Å²) in [6.45, 7) is 0. The minimum atomic E-state index is -0.652. The van der Waals surface area contributed by atoms with Gasteiger partial charge in [0.25, 0.3) is 5.56 Å². The largest absolute Gasteiger partial charge is 0.427 e. The fourth-order valence-corrected chi connectivity index (χ4v) is 2.85. The zero-order chi connectivity index (χ0) is 18.8. The van der Waals surface area contributed by atoms with Crippen LogP contribution in [0.4, 0.5) is 0 Å². The van der Waals surface area contributed by atoms with E-state index in [0.717, 1.165) is 0 Å². The Morgan fingerprint density at radius 1 is 0.963 bits per heavy atom. The number of hydrogen-bond acceptors (Lipinski definition) is 6. The van der Waals surface area contributed by atoms with E-state index in [1.807, 2.05) is 6.07 Å². The first-order chi connectivity index (χ1) is 13.1. The van der Waals surface area contributed by atoms with Gasteiger partial charge in [-0.3, -0.25) is 4.79 Å². The van der Waals surface area contributed by atoms with E-state index in [1.54, 1.807) is 48.5 Å². The van der Waals surface area contributed by atoms with Crippen LogP contribution in [0.5, 0.6) is 0 Å². The van der Waals surface area contributed by atoms with Gasteiger partial charge >= 0.3 is 5.76 Å². The van der Waals surface area contributed by atoms with Crippen molar-refractivity contribution in [2.24, 2.45) is 0 Å². The Labute approximate surface area is 157 Å². The van der Waals surface area contributed by atoms with Crippen LogP contribution in [0.2, 0.25) is 0 Å². The lowest BCUT2D eigenvalue weighted by molar-refractivity contribution is 0.429. The molecule has 27 heavy (non-hydrogen) atoms. The van der Waals surface area contributed by atoms with Crippen LogP contribution in [-0.4, -0.2) is 19.5 Å². The first-order valence-electron chi connectivity index (χ1n) is 7.98. The molecular formula is C19H12N4O3S. The summed E-state index contributed by atoms with van der Waals surface area (Å²) >= 11 is 5.21. The Morgan fingerprint density at radius 2 is 1.70 bits per heavy atom. The zero-order valence-electron chi connectivity index (χ0n) is 13.8. The van der Waals surface area contributed by atoms with Crippen LogP contribution in [0.15, 0.2) is 68.6 Å². The van der Waals surface area contributed by atoms with Crippen molar-refractivity contribution >= 4 is 35.3 Å². The number of benzene rings is 2. The van der Waals surface area contributed by atoms with Gasteiger partial charge in [-0.1, -0.05) is 30.3 Å². The van der Waals surface area contributed by atoms with Crippen LogP contribution < -0.4 is 11.3 Å². The van der Waals surface area contributed by atoms with E-state index in [4.69, 9.17) is 16.6 Å². The summed E-state index contributed by atoms with van der Waals surface area (Å²) in [5.74, 6) is -0.317. The van der Waals surface area contributed by atoms with Crippen LogP contribution in [0.1, 0.15) is 11.7 Å². The van der Waals surface area contributed by atoms with Gasteiger partial charge in [-0.05, 0) is 42.6 Å². The number of rotatable bonds is 3. The number of hydrogen-bond donors (Lipinski definition) is 1. The van der Waals surface area contributed by atoms with Gasteiger partial charge in [-0.2, -0.15) is 4.98 Å². The van der Waals surface area contributed by atoms with Gasteiger partial charge in [0.05, 0.1) is 16.6 Å². The van der Waals surface area contributed by atoms with Crippen LogP contribution >= 0.6 is 12.2 Å². The predicted molar refractivity (Wildman–Crippen MR) is 104 cm³/mol. The lowest BCUT2D eigenvalue weighted by Gasteiger charge is -2.03. The molecule has 0 radical (unpaired) electrons. The molecule has 0 bridgehead atoms. The van der Waals surface area contributed by atoms with E-state index in [0.29, 0.717) is 22.4 Å². The maximum absolute atomic E-state index is 12.3. The molecule has 2 aromatic heterocycles. The van der Waals surface area contributed by atoms with Gasteiger partial charge in [0, 0.05) is 6.08 Å². The maximum Gasteiger partial charge on any atom is 0.427 e. The molecule has 0 saturated carbocycles. The van der Waals surface area contributed by atoms with Gasteiger partial charge in [-0.25, -0.2) is 14.3 Å². The lowest BCUT2D eigenvalue weighted by atomic mass is 10.2. The summed E-state index contributed by atoms with van der Waals surface area (Å²) in [5.41, 5.74) is 0.877. The van der Waals surface area contributed by atoms with Crippen LogP contribution in [-0.2, 0) is 0 Å². The lowest BCUT2D eigenvalue weighted by Crippen LogP contribution is -2.19. The first-order valence-corrected chi connectivity index (χ1v) is 8.39. The monoisotopic (exact) mass is 376 g/mol. The van der Waals surface area contributed by atoms with E-state index < -0.39 is 5.76 Å². The molecule has 1 N–H and O–H groups in total. The van der Waals surface area contributed by atoms with Crippen LogP contribution in [0.25, 0.3) is 28.7 Å². The quantitative estimate of drug-likeness (QED) is 0.553. The van der Waals surface area contributed by atoms with Crippen LogP contribution in [0.3, 0.4) is 0 Å². The molecular weight excluding hydrogens is 364 g/mol. The van der Waals surface area contributed by atoms with Crippen LogP contribution in [0, 0.1) is 4.77 Å². The van der Waals surface area contributed by atoms with E-state index in [2.05, 4.69) is 15.0 Å². The Morgan fingerprint density at radius 3 is 2.48 bits per heavy atom. The van der Waals surface area contributed by atoms with Crippen molar-refractivity contribution in [1.29, 1.82) is 0 Å². The zero-order valence-corrected chi connectivity index (χ0v) is 14.6. The van der Waals surface area contributed by atoms with Gasteiger partial charge < -0.3 is 9.40 Å². The Balaban J connectivity index is 1.72. The molecule has 0 amide bonds. The van der Waals surface area contributed by atoms with Gasteiger partial charge in [0.15, 0.2) is 0 Å². The van der Waals surface area contributed by atoms with Crippen molar-refractivity contribution in [1.82, 2.24) is 19.5 Å². The van der Waals surface area contributed by atoms with Crippen molar-refractivity contribution in [3.05, 3.63) is 92.0 Å². The molecule has 0 spiro atoms. The molecule has 0 saturated heterocycles. The number of aromatic nitrogens is 4.